The number of nitrogens with zero attached hydrogens (tertiary/aromatic N) is 3. The molecule has 0 saturated carbocycles. The van der Waals surface area contributed by atoms with Gasteiger partial charge in [0, 0.05) is 5.56 Å². The molecule has 3 aromatic carbocycles. The van der Waals surface area contributed by atoms with Crippen LogP contribution in [0.3, 0.4) is 0 Å². The summed E-state index contributed by atoms with van der Waals surface area (Å²) >= 11 is 0. The lowest BCUT2D eigenvalue weighted by Crippen LogP contribution is -1.95. The molecule has 0 unspecified atom stereocenters. The van der Waals surface area contributed by atoms with Crippen molar-refractivity contribution in [3.8, 4) is 17.1 Å². The van der Waals surface area contributed by atoms with E-state index in [1.807, 2.05) is 60.7 Å². The lowest BCUT2D eigenvalue weighted by molar-refractivity contribution is 0.306. The smallest absolute Gasteiger partial charge is 0.168 e. The largest absolute Gasteiger partial charge is 0.489 e. The van der Waals surface area contributed by atoms with E-state index in [1.54, 1.807) is 0 Å². The number of hydrogen-bond donors (Lipinski definition) is 0. The van der Waals surface area contributed by atoms with Gasteiger partial charge >= 0.3 is 0 Å². The van der Waals surface area contributed by atoms with Crippen LogP contribution in [0, 0.1) is 0 Å². The van der Waals surface area contributed by atoms with Crippen molar-refractivity contribution in [1.82, 2.24) is 14.6 Å². The summed E-state index contributed by atoms with van der Waals surface area (Å²) in [4.78, 5) is 0. The zero-order valence-electron chi connectivity index (χ0n) is 14.6. The van der Waals surface area contributed by atoms with Crippen LogP contribution in [0.4, 0.5) is 0 Å². The maximum absolute atomic E-state index is 5.88. The van der Waals surface area contributed by atoms with Crippen molar-refractivity contribution in [3.05, 3.63) is 96.6 Å². The zero-order valence-corrected chi connectivity index (χ0v) is 14.6. The first-order valence-electron chi connectivity index (χ1n) is 8.88. The van der Waals surface area contributed by atoms with Crippen molar-refractivity contribution in [2.24, 2.45) is 0 Å². The Balaban J connectivity index is 1.47. The Morgan fingerprint density at radius 1 is 0.704 bits per heavy atom. The molecule has 0 N–H and O–H groups in total. The highest BCUT2D eigenvalue weighted by Crippen LogP contribution is 2.25. The van der Waals surface area contributed by atoms with Gasteiger partial charge in [0.15, 0.2) is 11.5 Å². The standard InChI is InChI=1S/C23H17N3O/c1-2-6-17(7-3-1)16-27-20-13-10-19(11-14-20)23-25-24-22-15-12-18-8-4-5-9-21(18)26(22)23/h1-15H,16H2. The van der Waals surface area contributed by atoms with Gasteiger partial charge in [-0.05, 0) is 53.4 Å². The Morgan fingerprint density at radius 3 is 2.33 bits per heavy atom. The van der Waals surface area contributed by atoms with Gasteiger partial charge in [0.2, 0.25) is 0 Å². The number of benzene rings is 3. The maximum Gasteiger partial charge on any atom is 0.168 e. The molecule has 4 heteroatoms. The molecular formula is C23H17N3O. The normalized spacial score (nSPS) is 11.1. The van der Waals surface area contributed by atoms with Gasteiger partial charge in [0.1, 0.15) is 12.4 Å². The van der Waals surface area contributed by atoms with E-state index in [2.05, 4.69) is 44.9 Å². The Hall–Kier alpha value is -3.66. The number of pyridine rings is 1. The highest BCUT2D eigenvalue weighted by molar-refractivity contribution is 5.83. The Kier molecular flexibility index (Phi) is 3.79. The Labute approximate surface area is 156 Å². The van der Waals surface area contributed by atoms with Crippen molar-refractivity contribution < 1.29 is 4.74 Å². The van der Waals surface area contributed by atoms with E-state index in [0.29, 0.717) is 6.61 Å². The molecule has 0 saturated heterocycles. The lowest BCUT2D eigenvalue weighted by atomic mass is 10.2. The van der Waals surface area contributed by atoms with E-state index < -0.39 is 0 Å². The second-order valence-corrected chi connectivity index (χ2v) is 6.41. The summed E-state index contributed by atoms with van der Waals surface area (Å²) in [5, 5.41) is 9.90. The monoisotopic (exact) mass is 351 g/mol. The summed E-state index contributed by atoms with van der Waals surface area (Å²) in [6, 6.07) is 30.5. The Morgan fingerprint density at radius 2 is 1.48 bits per heavy atom. The van der Waals surface area contributed by atoms with Gasteiger partial charge in [0.25, 0.3) is 0 Å². The van der Waals surface area contributed by atoms with Crippen molar-refractivity contribution in [2.45, 2.75) is 6.61 Å². The highest BCUT2D eigenvalue weighted by atomic mass is 16.5. The molecule has 5 rings (SSSR count). The van der Waals surface area contributed by atoms with Crippen molar-refractivity contribution in [1.29, 1.82) is 0 Å². The molecule has 0 bridgehead atoms. The first-order chi connectivity index (χ1) is 13.4. The minimum absolute atomic E-state index is 0.554. The van der Waals surface area contributed by atoms with Gasteiger partial charge in [-0.15, -0.1) is 10.2 Å². The SMILES string of the molecule is c1ccc(COc2ccc(-c3nnc4ccc5ccccc5n34)cc2)cc1. The minimum Gasteiger partial charge on any atom is -0.489 e. The fourth-order valence-corrected chi connectivity index (χ4v) is 3.27. The van der Waals surface area contributed by atoms with Crippen LogP contribution in [0.15, 0.2) is 91.0 Å². The first kappa shape index (κ1) is 15.6. The number of ether oxygens (including phenoxy) is 1. The van der Waals surface area contributed by atoms with Crippen molar-refractivity contribution in [2.75, 3.05) is 0 Å². The molecule has 4 nitrogen and oxygen atoms in total. The van der Waals surface area contributed by atoms with E-state index in [1.165, 1.54) is 0 Å². The minimum atomic E-state index is 0.554. The number of aromatic nitrogens is 3. The topological polar surface area (TPSA) is 39.4 Å². The van der Waals surface area contributed by atoms with E-state index >= 15 is 0 Å². The van der Waals surface area contributed by atoms with Crippen LogP contribution in [0.5, 0.6) is 5.75 Å². The summed E-state index contributed by atoms with van der Waals surface area (Å²) < 4.78 is 7.97. The third kappa shape index (κ3) is 2.91. The van der Waals surface area contributed by atoms with Gasteiger partial charge in [-0.1, -0.05) is 48.5 Å². The third-order valence-corrected chi connectivity index (χ3v) is 4.64. The van der Waals surface area contributed by atoms with Gasteiger partial charge in [0.05, 0.1) is 5.52 Å². The molecule has 0 fully saturated rings. The summed E-state index contributed by atoms with van der Waals surface area (Å²) in [6.45, 7) is 0.554. The molecule has 27 heavy (non-hydrogen) atoms. The summed E-state index contributed by atoms with van der Waals surface area (Å²) in [7, 11) is 0. The molecular weight excluding hydrogens is 334 g/mol. The molecule has 0 aliphatic rings. The maximum atomic E-state index is 5.88. The second-order valence-electron chi connectivity index (χ2n) is 6.41. The second kappa shape index (κ2) is 6.57. The van der Waals surface area contributed by atoms with Crippen molar-refractivity contribution in [3.63, 3.8) is 0 Å². The van der Waals surface area contributed by atoms with Crippen molar-refractivity contribution >= 4 is 16.6 Å². The molecule has 5 aromatic rings. The molecule has 130 valence electrons. The number of fused-ring (bicyclic) bond motifs is 3. The Bertz CT molecular complexity index is 1210. The third-order valence-electron chi connectivity index (χ3n) is 4.64. The fourth-order valence-electron chi connectivity index (χ4n) is 3.27. The molecule has 0 aliphatic heterocycles. The highest BCUT2D eigenvalue weighted by Gasteiger charge is 2.11. The van der Waals surface area contributed by atoms with Gasteiger partial charge in [-0.2, -0.15) is 0 Å². The van der Waals surface area contributed by atoms with E-state index in [0.717, 1.165) is 39.3 Å². The zero-order chi connectivity index (χ0) is 18.1. The van der Waals surface area contributed by atoms with Gasteiger partial charge in [-0.25, -0.2) is 0 Å². The number of rotatable bonds is 4. The predicted molar refractivity (Wildman–Crippen MR) is 107 cm³/mol. The predicted octanol–water partition coefficient (Wildman–Crippen LogP) is 5.13. The van der Waals surface area contributed by atoms with Crippen LogP contribution in [0.1, 0.15) is 5.56 Å². The van der Waals surface area contributed by atoms with E-state index in [9.17, 15) is 0 Å². The number of para-hydroxylation sites is 1. The van der Waals surface area contributed by atoms with Gasteiger partial charge < -0.3 is 4.74 Å². The molecule has 0 spiro atoms. The average molecular weight is 351 g/mol. The van der Waals surface area contributed by atoms with E-state index in [4.69, 9.17) is 4.74 Å². The first-order valence-corrected chi connectivity index (χ1v) is 8.88. The average Bonchev–Trinajstić information content (AvgIpc) is 3.18. The molecule has 2 aromatic heterocycles. The van der Waals surface area contributed by atoms with Crippen LogP contribution < -0.4 is 4.74 Å². The fraction of sp³-hybridized carbons (Fsp3) is 0.0435. The van der Waals surface area contributed by atoms with Crippen LogP contribution >= 0.6 is 0 Å². The van der Waals surface area contributed by atoms with E-state index in [-0.39, 0.29) is 0 Å². The molecule has 0 atom stereocenters. The van der Waals surface area contributed by atoms with Gasteiger partial charge in [-0.3, -0.25) is 4.40 Å². The van der Waals surface area contributed by atoms with Crippen LogP contribution in [0.2, 0.25) is 0 Å². The van der Waals surface area contributed by atoms with Crippen LogP contribution in [-0.4, -0.2) is 14.6 Å². The lowest BCUT2D eigenvalue weighted by Gasteiger charge is -2.08. The van der Waals surface area contributed by atoms with Crippen LogP contribution in [-0.2, 0) is 6.61 Å². The molecule has 0 aliphatic carbocycles. The van der Waals surface area contributed by atoms with Crippen LogP contribution in [0.25, 0.3) is 27.9 Å². The molecule has 2 heterocycles. The number of hydrogen-bond acceptors (Lipinski definition) is 3. The summed E-state index contributed by atoms with van der Waals surface area (Å²) in [5.74, 6) is 1.66. The summed E-state index contributed by atoms with van der Waals surface area (Å²) in [5.41, 5.74) is 4.09. The quantitative estimate of drug-likeness (QED) is 0.451. The molecule has 0 amide bonds. The molecule has 0 radical (unpaired) electrons. The summed E-state index contributed by atoms with van der Waals surface area (Å²) in [6.07, 6.45) is 0.